The first-order chi connectivity index (χ1) is 16.6. The number of ether oxygens (including phenoxy) is 1. The number of carbonyl (C=O) groups is 3. The van der Waals surface area contributed by atoms with Crippen LogP contribution >= 0.6 is 0 Å². The lowest BCUT2D eigenvalue weighted by molar-refractivity contribution is 0.0828. The summed E-state index contributed by atoms with van der Waals surface area (Å²) in [6.07, 6.45) is 0. The minimum Gasteiger partial charge on any atom is -0.486 e. The van der Waals surface area contributed by atoms with Crippen LogP contribution in [0.15, 0.2) is 101 Å². The fraction of sp³-hybridized carbons (Fsp3) is 0.0385. The highest BCUT2D eigenvalue weighted by Crippen LogP contribution is 2.17. The molecule has 0 fully saturated rings. The van der Waals surface area contributed by atoms with Crippen molar-refractivity contribution in [2.75, 3.05) is 5.32 Å². The van der Waals surface area contributed by atoms with E-state index in [9.17, 15) is 14.4 Å². The molecule has 0 aliphatic heterocycles. The lowest BCUT2D eigenvalue weighted by atomic mass is 10.1. The van der Waals surface area contributed by atoms with Crippen LogP contribution in [-0.2, 0) is 6.61 Å². The van der Waals surface area contributed by atoms with E-state index in [0.717, 1.165) is 0 Å². The molecule has 0 aliphatic carbocycles. The third-order valence-electron chi connectivity index (χ3n) is 4.76. The topological polar surface area (TPSA) is 110 Å². The number of benzene rings is 3. The first-order valence-electron chi connectivity index (χ1n) is 10.4. The Kier molecular flexibility index (Phi) is 7.00. The van der Waals surface area contributed by atoms with Gasteiger partial charge < -0.3 is 14.5 Å². The van der Waals surface area contributed by atoms with E-state index in [0.29, 0.717) is 22.8 Å². The van der Waals surface area contributed by atoms with Crippen LogP contribution in [-0.4, -0.2) is 17.7 Å². The predicted octanol–water partition coefficient (Wildman–Crippen LogP) is 4.19. The number of para-hydroxylation sites is 2. The van der Waals surface area contributed by atoms with Crippen LogP contribution in [0.5, 0.6) is 5.75 Å². The monoisotopic (exact) mass is 455 g/mol. The van der Waals surface area contributed by atoms with Crippen LogP contribution in [0.1, 0.15) is 37.0 Å². The number of furan rings is 1. The van der Waals surface area contributed by atoms with Crippen molar-refractivity contribution >= 4 is 23.4 Å². The average Bonchev–Trinajstić information content (AvgIpc) is 3.36. The summed E-state index contributed by atoms with van der Waals surface area (Å²) in [4.78, 5) is 37.5. The maximum absolute atomic E-state index is 12.7. The van der Waals surface area contributed by atoms with Crippen LogP contribution in [0.25, 0.3) is 0 Å². The third kappa shape index (κ3) is 5.68. The SMILES string of the molecule is O=C(Nc1ccccc1C(=O)NNC(=O)c1ccc(COc2ccccc2)o1)c1ccccc1. The van der Waals surface area contributed by atoms with Gasteiger partial charge >= 0.3 is 5.91 Å². The molecule has 4 aromatic rings. The highest BCUT2D eigenvalue weighted by Gasteiger charge is 2.16. The Morgan fingerprint density at radius 3 is 2.09 bits per heavy atom. The standard InChI is InChI=1S/C26H21N3O5/c30-24(18-9-3-1-4-10-18)27-22-14-8-7-13-21(22)25(31)28-29-26(32)23-16-15-20(34-23)17-33-19-11-5-2-6-12-19/h1-16H,17H2,(H,27,30)(H,28,31)(H,29,32). The predicted molar refractivity (Wildman–Crippen MR) is 125 cm³/mol. The number of rotatable bonds is 7. The summed E-state index contributed by atoms with van der Waals surface area (Å²) in [5.74, 6) is -0.450. The Morgan fingerprint density at radius 1 is 0.676 bits per heavy atom. The summed E-state index contributed by atoms with van der Waals surface area (Å²) in [5.41, 5.74) is 5.59. The number of hydrogen-bond donors (Lipinski definition) is 3. The van der Waals surface area contributed by atoms with Gasteiger partial charge in [-0.1, -0.05) is 48.5 Å². The second-order valence-corrected chi connectivity index (χ2v) is 7.14. The number of carbonyl (C=O) groups excluding carboxylic acids is 3. The van der Waals surface area contributed by atoms with Crippen LogP contribution in [0.3, 0.4) is 0 Å². The molecule has 3 amide bonds. The van der Waals surface area contributed by atoms with E-state index in [4.69, 9.17) is 9.15 Å². The summed E-state index contributed by atoms with van der Waals surface area (Å²) in [5, 5.41) is 2.71. The van der Waals surface area contributed by atoms with E-state index in [1.165, 1.54) is 12.1 Å². The van der Waals surface area contributed by atoms with Crippen molar-refractivity contribution in [2.24, 2.45) is 0 Å². The van der Waals surface area contributed by atoms with Crippen LogP contribution in [0, 0.1) is 0 Å². The first-order valence-corrected chi connectivity index (χ1v) is 10.4. The lowest BCUT2D eigenvalue weighted by Gasteiger charge is -2.12. The highest BCUT2D eigenvalue weighted by molar-refractivity contribution is 6.09. The quantitative estimate of drug-likeness (QED) is 0.362. The molecule has 3 aromatic carbocycles. The number of nitrogens with one attached hydrogen (secondary N) is 3. The Bertz CT molecular complexity index is 1290. The highest BCUT2D eigenvalue weighted by atomic mass is 16.5. The second kappa shape index (κ2) is 10.6. The summed E-state index contributed by atoms with van der Waals surface area (Å²) < 4.78 is 11.1. The molecule has 0 aliphatic rings. The van der Waals surface area contributed by atoms with Crippen LogP contribution in [0.2, 0.25) is 0 Å². The van der Waals surface area contributed by atoms with Gasteiger partial charge in [0.2, 0.25) is 0 Å². The van der Waals surface area contributed by atoms with Gasteiger partial charge in [-0.3, -0.25) is 25.2 Å². The molecule has 0 unspecified atom stereocenters. The molecule has 34 heavy (non-hydrogen) atoms. The second-order valence-electron chi connectivity index (χ2n) is 7.14. The largest absolute Gasteiger partial charge is 0.486 e. The molecule has 1 aromatic heterocycles. The van der Waals surface area contributed by atoms with Gasteiger partial charge in [-0.05, 0) is 48.5 Å². The zero-order valence-corrected chi connectivity index (χ0v) is 18.0. The fourth-order valence-corrected chi connectivity index (χ4v) is 3.07. The van der Waals surface area contributed by atoms with E-state index in [1.54, 1.807) is 54.6 Å². The smallest absolute Gasteiger partial charge is 0.305 e. The number of anilines is 1. The molecule has 0 spiro atoms. The molecular weight excluding hydrogens is 434 g/mol. The normalized spacial score (nSPS) is 10.2. The third-order valence-corrected chi connectivity index (χ3v) is 4.76. The molecule has 8 nitrogen and oxygen atoms in total. The van der Waals surface area contributed by atoms with Crippen molar-refractivity contribution in [3.8, 4) is 5.75 Å². The summed E-state index contributed by atoms with van der Waals surface area (Å²) in [7, 11) is 0. The van der Waals surface area contributed by atoms with E-state index >= 15 is 0 Å². The summed E-state index contributed by atoms with van der Waals surface area (Å²) in [6.45, 7) is 0.151. The molecule has 0 bridgehead atoms. The maximum atomic E-state index is 12.7. The van der Waals surface area contributed by atoms with Crippen molar-refractivity contribution < 1.29 is 23.5 Å². The van der Waals surface area contributed by atoms with Crippen LogP contribution < -0.4 is 20.9 Å². The lowest BCUT2D eigenvalue weighted by Crippen LogP contribution is -2.41. The van der Waals surface area contributed by atoms with Crippen molar-refractivity contribution in [2.45, 2.75) is 6.61 Å². The molecule has 170 valence electrons. The van der Waals surface area contributed by atoms with Crippen LogP contribution in [0.4, 0.5) is 5.69 Å². The van der Waals surface area contributed by atoms with Gasteiger partial charge in [0, 0.05) is 5.56 Å². The van der Waals surface area contributed by atoms with Crippen molar-refractivity contribution in [1.82, 2.24) is 10.9 Å². The Hall–Kier alpha value is -4.85. The van der Waals surface area contributed by atoms with E-state index in [2.05, 4.69) is 16.2 Å². The van der Waals surface area contributed by atoms with Crippen molar-refractivity contribution in [1.29, 1.82) is 0 Å². The van der Waals surface area contributed by atoms with Crippen molar-refractivity contribution in [3.05, 3.63) is 120 Å². The minimum atomic E-state index is -0.634. The molecule has 0 atom stereocenters. The van der Waals surface area contributed by atoms with Gasteiger partial charge in [0.1, 0.15) is 18.1 Å². The molecule has 1 heterocycles. The van der Waals surface area contributed by atoms with E-state index < -0.39 is 11.8 Å². The molecule has 3 N–H and O–H groups in total. The average molecular weight is 455 g/mol. The Labute approximate surface area is 195 Å². The molecule has 0 radical (unpaired) electrons. The maximum Gasteiger partial charge on any atom is 0.305 e. The number of hydrogen-bond acceptors (Lipinski definition) is 5. The van der Waals surface area contributed by atoms with Gasteiger partial charge in [0.25, 0.3) is 11.8 Å². The van der Waals surface area contributed by atoms with Gasteiger partial charge in [-0.15, -0.1) is 0 Å². The molecular formula is C26H21N3O5. The van der Waals surface area contributed by atoms with Gasteiger partial charge in [-0.2, -0.15) is 0 Å². The minimum absolute atomic E-state index is 0.0117. The molecule has 4 rings (SSSR count). The summed E-state index contributed by atoms with van der Waals surface area (Å²) >= 11 is 0. The van der Waals surface area contributed by atoms with Crippen molar-refractivity contribution in [3.63, 3.8) is 0 Å². The molecule has 8 heteroatoms. The zero-order chi connectivity index (χ0) is 23.8. The Balaban J connectivity index is 1.34. The van der Waals surface area contributed by atoms with Gasteiger partial charge in [-0.25, -0.2) is 0 Å². The number of hydrazine groups is 1. The molecule has 0 saturated carbocycles. The Morgan fingerprint density at radius 2 is 1.32 bits per heavy atom. The number of amides is 3. The first kappa shape index (κ1) is 22.3. The molecule has 0 saturated heterocycles. The van der Waals surface area contributed by atoms with E-state index in [1.807, 2.05) is 30.3 Å². The van der Waals surface area contributed by atoms with E-state index in [-0.39, 0.29) is 23.8 Å². The summed E-state index contributed by atoms with van der Waals surface area (Å²) in [6, 6.07) is 27.4. The zero-order valence-electron chi connectivity index (χ0n) is 18.0. The van der Waals surface area contributed by atoms with Gasteiger partial charge in [0.05, 0.1) is 11.3 Å². The fourth-order valence-electron chi connectivity index (χ4n) is 3.07. The van der Waals surface area contributed by atoms with Gasteiger partial charge in [0.15, 0.2) is 5.76 Å².